The lowest BCUT2D eigenvalue weighted by Gasteiger charge is -2.03. The first-order chi connectivity index (χ1) is 8.32. The largest absolute Gasteiger partial charge is 0.282 e. The summed E-state index contributed by atoms with van der Waals surface area (Å²) < 4.78 is 49.0. The summed E-state index contributed by atoms with van der Waals surface area (Å²) in [6.07, 6.45) is -2.79. The van der Waals surface area contributed by atoms with Gasteiger partial charge in [0.05, 0.1) is 18.2 Å². The van der Waals surface area contributed by atoms with Crippen LogP contribution in [0, 0.1) is 0 Å². The molecular weight excluding hydrogens is 309 g/mol. The summed E-state index contributed by atoms with van der Waals surface area (Å²) in [5.41, 5.74) is -0.453. The third-order valence-corrected chi connectivity index (χ3v) is 4.78. The molecule has 1 rings (SSSR count). The molecule has 0 radical (unpaired) electrons. The Bertz CT molecular complexity index is 517. The minimum Gasteiger partial charge on any atom is -0.252 e. The van der Waals surface area contributed by atoms with Gasteiger partial charge in [0.25, 0.3) is 6.43 Å². The van der Waals surface area contributed by atoms with Crippen LogP contribution in [0.3, 0.4) is 0 Å². The van der Waals surface area contributed by atoms with E-state index in [0.717, 1.165) is 4.68 Å². The molecule has 0 saturated carbocycles. The highest BCUT2D eigenvalue weighted by molar-refractivity contribution is 7.91. The molecular formula is C9H12Cl2F2N2O2S. The maximum Gasteiger partial charge on any atom is 0.282 e. The molecule has 0 saturated heterocycles. The number of rotatable bonds is 6. The van der Waals surface area contributed by atoms with Crippen LogP contribution in [0.15, 0.2) is 0 Å². The van der Waals surface area contributed by atoms with Gasteiger partial charge in [-0.3, -0.25) is 4.68 Å². The number of hydrogen-bond donors (Lipinski definition) is 0. The number of sulfone groups is 1. The van der Waals surface area contributed by atoms with E-state index in [1.165, 1.54) is 6.92 Å². The van der Waals surface area contributed by atoms with Gasteiger partial charge < -0.3 is 0 Å². The highest BCUT2D eigenvalue weighted by atomic mass is 35.5. The Hall–Kier alpha value is -0.400. The van der Waals surface area contributed by atoms with Crippen LogP contribution in [0.4, 0.5) is 8.78 Å². The number of hydrogen-bond acceptors (Lipinski definition) is 3. The summed E-state index contributed by atoms with van der Waals surface area (Å²) >= 11 is 11.4. The van der Waals surface area contributed by atoms with Crippen LogP contribution in [-0.2, 0) is 22.3 Å². The van der Waals surface area contributed by atoms with Crippen molar-refractivity contribution in [2.75, 3.05) is 11.5 Å². The molecule has 0 aliphatic rings. The lowest BCUT2D eigenvalue weighted by atomic mass is 10.3. The van der Waals surface area contributed by atoms with Crippen molar-refractivity contribution in [3.8, 4) is 0 Å². The van der Waals surface area contributed by atoms with Crippen LogP contribution in [0.5, 0.6) is 0 Å². The third kappa shape index (κ3) is 3.55. The van der Waals surface area contributed by atoms with Gasteiger partial charge in [0.2, 0.25) is 0 Å². The van der Waals surface area contributed by atoms with E-state index < -0.39 is 22.0 Å². The van der Waals surface area contributed by atoms with Crippen molar-refractivity contribution in [2.45, 2.75) is 25.8 Å². The highest BCUT2D eigenvalue weighted by Crippen LogP contribution is 2.29. The van der Waals surface area contributed by atoms with E-state index in [1.54, 1.807) is 0 Å². The van der Waals surface area contributed by atoms with Crippen molar-refractivity contribution in [3.05, 3.63) is 16.4 Å². The fourth-order valence-electron chi connectivity index (χ4n) is 1.31. The molecule has 0 amide bonds. The Morgan fingerprint density at radius 1 is 1.44 bits per heavy atom. The molecule has 9 heteroatoms. The number of aryl methyl sites for hydroxylation is 1. The van der Waals surface area contributed by atoms with Gasteiger partial charge in [-0.25, -0.2) is 17.2 Å². The van der Waals surface area contributed by atoms with E-state index in [2.05, 4.69) is 5.10 Å². The van der Waals surface area contributed by atoms with Gasteiger partial charge in [-0.05, 0) is 0 Å². The van der Waals surface area contributed by atoms with Crippen LogP contribution in [0.2, 0.25) is 5.15 Å². The maximum atomic E-state index is 12.6. The molecule has 0 N–H and O–H groups in total. The Morgan fingerprint density at radius 2 is 2.06 bits per heavy atom. The van der Waals surface area contributed by atoms with Crippen LogP contribution < -0.4 is 0 Å². The Morgan fingerprint density at radius 3 is 2.44 bits per heavy atom. The number of halogens is 4. The van der Waals surface area contributed by atoms with Gasteiger partial charge in [-0.1, -0.05) is 18.5 Å². The lowest BCUT2D eigenvalue weighted by Crippen LogP contribution is -2.15. The minimum atomic E-state index is -3.20. The van der Waals surface area contributed by atoms with Crippen molar-refractivity contribution < 1.29 is 17.2 Å². The van der Waals surface area contributed by atoms with E-state index in [-0.39, 0.29) is 34.6 Å². The maximum absolute atomic E-state index is 12.6. The second-order valence-corrected chi connectivity index (χ2v) is 6.65. The quantitative estimate of drug-likeness (QED) is 0.757. The van der Waals surface area contributed by atoms with Gasteiger partial charge >= 0.3 is 0 Å². The van der Waals surface area contributed by atoms with Crippen LogP contribution in [-0.4, -0.2) is 29.7 Å². The molecule has 0 bridgehead atoms. The van der Waals surface area contributed by atoms with E-state index in [4.69, 9.17) is 23.2 Å². The first-order valence-electron chi connectivity index (χ1n) is 5.12. The first-order valence-corrected chi connectivity index (χ1v) is 7.85. The number of aromatic nitrogens is 2. The molecule has 0 atom stereocenters. The van der Waals surface area contributed by atoms with Crippen molar-refractivity contribution >= 4 is 33.0 Å². The predicted molar refractivity (Wildman–Crippen MR) is 66.1 cm³/mol. The van der Waals surface area contributed by atoms with Crippen molar-refractivity contribution in [3.63, 3.8) is 0 Å². The fraction of sp³-hybridized carbons (Fsp3) is 0.667. The molecule has 0 unspecified atom stereocenters. The second kappa shape index (κ2) is 6.16. The summed E-state index contributed by atoms with van der Waals surface area (Å²) in [6.45, 7) is 1.44. The molecule has 0 aliphatic heterocycles. The van der Waals surface area contributed by atoms with Crippen LogP contribution in [0.25, 0.3) is 0 Å². The average Bonchev–Trinajstić information content (AvgIpc) is 2.63. The van der Waals surface area contributed by atoms with Crippen molar-refractivity contribution in [1.82, 2.24) is 9.78 Å². The molecule has 1 heterocycles. The van der Waals surface area contributed by atoms with E-state index in [0.29, 0.717) is 0 Å². The number of alkyl halides is 3. The summed E-state index contributed by atoms with van der Waals surface area (Å²) in [5, 5.41) is 3.57. The van der Waals surface area contributed by atoms with Crippen LogP contribution >= 0.6 is 23.2 Å². The van der Waals surface area contributed by atoms with E-state index in [1.807, 2.05) is 0 Å². The summed E-state index contributed by atoms with van der Waals surface area (Å²) in [4.78, 5) is 0. The predicted octanol–water partition coefficient (Wildman–Crippen LogP) is 2.65. The average molecular weight is 321 g/mol. The van der Waals surface area contributed by atoms with Crippen LogP contribution in [0.1, 0.15) is 24.6 Å². The molecule has 1 aromatic rings. The molecule has 0 aromatic carbocycles. The van der Waals surface area contributed by atoms with Gasteiger partial charge in [0, 0.05) is 11.3 Å². The number of nitrogens with zero attached hydrogens (tertiary/aromatic N) is 2. The molecule has 4 nitrogen and oxygen atoms in total. The highest BCUT2D eigenvalue weighted by Gasteiger charge is 2.23. The molecule has 1 aromatic heterocycles. The molecule has 0 fully saturated rings. The lowest BCUT2D eigenvalue weighted by molar-refractivity contribution is 0.144. The zero-order valence-corrected chi connectivity index (χ0v) is 11.9. The molecule has 104 valence electrons. The van der Waals surface area contributed by atoms with Gasteiger partial charge in [-0.2, -0.15) is 5.10 Å². The fourth-order valence-corrected chi connectivity index (χ4v) is 2.67. The Kier molecular flexibility index (Phi) is 5.36. The van der Waals surface area contributed by atoms with Gasteiger partial charge in [0.15, 0.2) is 9.84 Å². The summed E-state index contributed by atoms with van der Waals surface area (Å²) in [6, 6.07) is 0. The summed E-state index contributed by atoms with van der Waals surface area (Å²) in [5.74, 6) is -0.412. The topological polar surface area (TPSA) is 52.0 Å². The molecule has 0 aliphatic carbocycles. The second-order valence-electron chi connectivity index (χ2n) is 3.55. The van der Waals surface area contributed by atoms with E-state index in [9.17, 15) is 17.2 Å². The zero-order chi connectivity index (χ0) is 13.9. The zero-order valence-electron chi connectivity index (χ0n) is 9.54. The van der Waals surface area contributed by atoms with Crippen molar-refractivity contribution in [2.24, 2.45) is 0 Å². The molecule has 0 spiro atoms. The van der Waals surface area contributed by atoms with Gasteiger partial charge in [0.1, 0.15) is 10.8 Å². The third-order valence-electron chi connectivity index (χ3n) is 2.41. The normalized spacial score (nSPS) is 12.3. The Labute approximate surface area is 114 Å². The smallest absolute Gasteiger partial charge is 0.252 e. The standard InChI is InChI=1S/C9H12Cl2F2N2O2S/c1-2-18(16,17)4-3-15-8(11)6(5-10)7(14-15)9(12)13/h9H,2-5H2,1H3. The Balaban J connectivity index is 2.98. The van der Waals surface area contributed by atoms with Crippen molar-refractivity contribution in [1.29, 1.82) is 0 Å². The monoisotopic (exact) mass is 320 g/mol. The van der Waals surface area contributed by atoms with E-state index >= 15 is 0 Å². The minimum absolute atomic E-state index is 0.0179. The first kappa shape index (κ1) is 15.7. The summed E-state index contributed by atoms with van der Waals surface area (Å²) in [7, 11) is -3.20. The SMILES string of the molecule is CCS(=O)(=O)CCn1nc(C(F)F)c(CCl)c1Cl. The molecule has 18 heavy (non-hydrogen) atoms. The van der Waals surface area contributed by atoms with Gasteiger partial charge in [-0.15, -0.1) is 11.6 Å².